The zero-order valence-corrected chi connectivity index (χ0v) is 9.75. The van der Waals surface area contributed by atoms with Gasteiger partial charge in [0.15, 0.2) is 11.6 Å². The van der Waals surface area contributed by atoms with Crippen molar-refractivity contribution in [3.05, 3.63) is 23.8 Å². The van der Waals surface area contributed by atoms with Gasteiger partial charge in [-0.3, -0.25) is 0 Å². The van der Waals surface area contributed by atoms with E-state index >= 15 is 0 Å². The van der Waals surface area contributed by atoms with Crippen LogP contribution < -0.4 is 10.6 Å². The van der Waals surface area contributed by atoms with Crippen molar-refractivity contribution >= 4 is 17.7 Å². The van der Waals surface area contributed by atoms with E-state index in [0.29, 0.717) is 13.1 Å². The largest absolute Gasteiger partial charge is 0.399 e. The molecule has 2 N–H and O–H groups in total. The third-order valence-corrected chi connectivity index (χ3v) is 2.37. The normalized spacial score (nSPS) is 10.3. The zero-order chi connectivity index (χ0) is 12.8. The molecule has 0 unspecified atom stereocenters. The molecule has 0 aliphatic heterocycles. The molecular weight excluding hydrogens is 226 g/mol. The van der Waals surface area contributed by atoms with E-state index in [-0.39, 0.29) is 17.8 Å². The number of hydrogen-bond donors (Lipinski definition) is 1. The van der Waals surface area contributed by atoms with Crippen molar-refractivity contribution in [3.63, 3.8) is 0 Å². The molecule has 3 nitrogen and oxygen atoms in total. The van der Waals surface area contributed by atoms with Crippen molar-refractivity contribution in [1.29, 1.82) is 0 Å². The van der Waals surface area contributed by atoms with Crippen molar-refractivity contribution in [3.8, 4) is 0 Å². The first-order chi connectivity index (χ1) is 8.10. The van der Waals surface area contributed by atoms with Crippen LogP contribution in [0, 0.1) is 11.6 Å². The van der Waals surface area contributed by atoms with Crippen LogP contribution in [0.3, 0.4) is 0 Å². The molecule has 0 radical (unpaired) electrons. The molecule has 5 heteroatoms. The number of aldehydes is 1. The predicted molar refractivity (Wildman–Crippen MR) is 64.0 cm³/mol. The second-order valence-corrected chi connectivity index (χ2v) is 3.78. The lowest BCUT2D eigenvalue weighted by Crippen LogP contribution is -2.27. The highest BCUT2D eigenvalue weighted by Gasteiger charge is 2.16. The molecule has 1 aromatic rings. The fourth-order valence-corrected chi connectivity index (χ4v) is 1.70. The van der Waals surface area contributed by atoms with Gasteiger partial charge in [-0.2, -0.15) is 0 Å². The predicted octanol–water partition coefficient (Wildman–Crippen LogP) is 2.35. The van der Waals surface area contributed by atoms with Crippen LogP contribution in [0.15, 0.2) is 12.1 Å². The zero-order valence-electron chi connectivity index (χ0n) is 9.75. The lowest BCUT2D eigenvalue weighted by Gasteiger charge is -2.24. The van der Waals surface area contributed by atoms with E-state index in [2.05, 4.69) is 0 Å². The Morgan fingerprint density at radius 2 is 1.88 bits per heavy atom. The van der Waals surface area contributed by atoms with Crippen molar-refractivity contribution < 1.29 is 13.6 Å². The monoisotopic (exact) mass is 242 g/mol. The molecule has 94 valence electrons. The van der Waals surface area contributed by atoms with Gasteiger partial charge in [-0.25, -0.2) is 8.78 Å². The molecule has 0 heterocycles. The lowest BCUT2D eigenvalue weighted by atomic mass is 10.2. The van der Waals surface area contributed by atoms with Gasteiger partial charge in [0.05, 0.1) is 0 Å². The first kappa shape index (κ1) is 13.4. The van der Waals surface area contributed by atoms with Gasteiger partial charge in [0.2, 0.25) is 0 Å². The van der Waals surface area contributed by atoms with E-state index < -0.39 is 11.6 Å². The summed E-state index contributed by atoms with van der Waals surface area (Å²) in [6.45, 7) is 2.70. The summed E-state index contributed by atoms with van der Waals surface area (Å²) in [5.74, 6) is -1.39. The number of nitrogens with zero attached hydrogens (tertiary/aromatic N) is 1. The minimum Gasteiger partial charge on any atom is -0.399 e. The molecule has 17 heavy (non-hydrogen) atoms. The number of nitrogen functional groups attached to an aromatic ring is 1. The molecular formula is C12H16F2N2O. The highest BCUT2D eigenvalue weighted by molar-refractivity contribution is 5.57. The van der Waals surface area contributed by atoms with Crippen LogP contribution in [0.25, 0.3) is 0 Å². The minimum atomic E-state index is -0.693. The van der Waals surface area contributed by atoms with Crippen molar-refractivity contribution in [2.24, 2.45) is 0 Å². The Bertz CT molecular complexity index is 373. The topological polar surface area (TPSA) is 46.3 Å². The second-order valence-electron chi connectivity index (χ2n) is 3.78. The van der Waals surface area contributed by atoms with Crippen LogP contribution in [0.1, 0.15) is 19.8 Å². The fourth-order valence-electron chi connectivity index (χ4n) is 1.70. The average molecular weight is 242 g/mol. The van der Waals surface area contributed by atoms with E-state index in [1.165, 1.54) is 4.90 Å². The molecule has 0 aromatic heterocycles. The number of hydrogen-bond acceptors (Lipinski definition) is 3. The van der Waals surface area contributed by atoms with Gasteiger partial charge >= 0.3 is 0 Å². The highest BCUT2D eigenvalue weighted by Crippen LogP contribution is 2.26. The van der Waals surface area contributed by atoms with E-state index in [9.17, 15) is 13.6 Å². The molecule has 0 aliphatic rings. The smallest absolute Gasteiger partial charge is 0.151 e. The summed E-state index contributed by atoms with van der Waals surface area (Å²) in [5, 5.41) is 0. The summed E-state index contributed by atoms with van der Waals surface area (Å²) in [6.07, 6.45) is 1.71. The van der Waals surface area contributed by atoms with E-state index in [4.69, 9.17) is 5.73 Å². The quantitative estimate of drug-likeness (QED) is 0.615. The molecule has 0 bridgehead atoms. The second kappa shape index (κ2) is 6.18. The van der Waals surface area contributed by atoms with Crippen molar-refractivity contribution in [1.82, 2.24) is 0 Å². The lowest BCUT2D eigenvalue weighted by molar-refractivity contribution is -0.107. The minimum absolute atomic E-state index is 0.0515. The Balaban J connectivity index is 3.03. The number of halogens is 2. The number of anilines is 2. The van der Waals surface area contributed by atoms with Gasteiger partial charge in [0.1, 0.15) is 12.0 Å². The van der Waals surface area contributed by atoms with Gasteiger partial charge < -0.3 is 15.4 Å². The Labute approximate surface area is 99.2 Å². The van der Waals surface area contributed by atoms with E-state index in [0.717, 1.165) is 24.8 Å². The molecule has 0 fully saturated rings. The number of nitrogens with two attached hydrogens (primary N) is 1. The Morgan fingerprint density at radius 1 is 1.29 bits per heavy atom. The Hall–Kier alpha value is -1.65. The molecule has 0 amide bonds. The fraction of sp³-hybridized carbons (Fsp3) is 0.417. The molecule has 0 aliphatic carbocycles. The molecule has 1 rings (SSSR count). The Kier molecular flexibility index (Phi) is 4.87. The molecule has 1 aromatic carbocycles. The summed E-state index contributed by atoms with van der Waals surface area (Å²) in [4.78, 5) is 11.9. The molecule has 0 saturated carbocycles. The van der Waals surface area contributed by atoms with Gasteiger partial charge in [-0.05, 0) is 18.6 Å². The van der Waals surface area contributed by atoms with Gasteiger partial charge in [-0.15, -0.1) is 0 Å². The van der Waals surface area contributed by atoms with Crippen molar-refractivity contribution in [2.45, 2.75) is 19.8 Å². The van der Waals surface area contributed by atoms with E-state index in [1.54, 1.807) is 0 Å². The maximum Gasteiger partial charge on any atom is 0.151 e. The van der Waals surface area contributed by atoms with Crippen LogP contribution >= 0.6 is 0 Å². The molecule has 0 atom stereocenters. The third-order valence-electron chi connectivity index (χ3n) is 2.37. The Morgan fingerprint density at radius 3 is 2.35 bits per heavy atom. The first-order valence-corrected chi connectivity index (χ1v) is 5.53. The summed E-state index contributed by atoms with van der Waals surface area (Å²) < 4.78 is 27.3. The van der Waals surface area contributed by atoms with Crippen LogP contribution in [0.2, 0.25) is 0 Å². The molecule has 0 saturated heterocycles. The van der Waals surface area contributed by atoms with Gasteiger partial charge in [0.25, 0.3) is 0 Å². The number of carbonyl (C=O) groups is 1. The summed E-state index contributed by atoms with van der Waals surface area (Å²) in [5.41, 5.74) is 5.29. The van der Waals surface area contributed by atoms with Gasteiger partial charge in [0, 0.05) is 25.2 Å². The average Bonchev–Trinajstić information content (AvgIpc) is 2.24. The van der Waals surface area contributed by atoms with Crippen LogP contribution in [-0.2, 0) is 4.79 Å². The van der Waals surface area contributed by atoms with Crippen LogP contribution in [-0.4, -0.2) is 19.4 Å². The summed E-state index contributed by atoms with van der Waals surface area (Å²) >= 11 is 0. The van der Waals surface area contributed by atoms with E-state index in [1.807, 2.05) is 6.92 Å². The van der Waals surface area contributed by atoms with Gasteiger partial charge in [-0.1, -0.05) is 6.92 Å². The van der Waals surface area contributed by atoms with Crippen LogP contribution in [0.5, 0.6) is 0 Å². The highest BCUT2D eigenvalue weighted by atomic mass is 19.1. The maximum absolute atomic E-state index is 13.7. The maximum atomic E-state index is 13.7. The number of rotatable bonds is 6. The van der Waals surface area contributed by atoms with Crippen molar-refractivity contribution in [2.75, 3.05) is 23.7 Å². The first-order valence-electron chi connectivity index (χ1n) is 5.53. The standard InChI is InChI=1S/C12H16F2N2O/c1-2-4-16(5-3-6-17)12-10(13)7-9(15)8-11(12)14/h6-8H,2-5,15H2,1H3. The summed E-state index contributed by atoms with van der Waals surface area (Å²) in [6, 6.07) is 2.17. The number of carbonyl (C=O) groups excluding carboxylic acids is 1. The summed E-state index contributed by atoms with van der Waals surface area (Å²) in [7, 11) is 0. The van der Waals surface area contributed by atoms with Crippen LogP contribution in [0.4, 0.5) is 20.2 Å². The third kappa shape index (κ3) is 3.41. The SMILES string of the molecule is CCCN(CCC=O)c1c(F)cc(N)cc1F. The number of benzene rings is 1. The molecule has 0 spiro atoms.